The molecule has 1 saturated heterocycles. The van der Waals surface area contributed by atoms with Crippen LogP contribution in [0.4, 0.5) is 0 Å². The molecule has 0 spiro atoms. The maximum absolute atomic E-state index is 12.5. The fourth-order valence-corrected chi connectivity index (χ4v) is 2.77. The van der Waals surface area contributed by atoms with Crippen LogP contribution in [-0.4, -0.2) is 40.1 Å². The first-order valence-electron chi connectivity index (χ1n) is 7.07. The predicted molar refractivity (Wildman–Crippen MR) is 91.9 cm³/mol. The molecule has 1 aliphatic heterocycles. The maximum Gasteiger partial charge on any atom is 0.276 e. The highest BCUT2D eigenvalue weighted by atomic mass is 35.5. The molecule has 0 radical (unpaired) electrons. The molecule has 0 aliphatic carbocycles. The molecule has 2 aromatic rings. The molecule has 0 saturated carbocycles. The molecular weight excluding hydrogens is 339 g/mol. The van der Waals surface area contributed by atoms with Gasteiger partial charge in [-0.2, -0.15) is 0 Å². The lowest BCUT2D eigenvalue weighted by Gasteiger charge is -2.19. The van der Waals surface area contributed by atoms with Crippen molar-refractivity contribution in [3.8, 4) is 11.3 Å². The first-order chi connectivity index (χ1) is 10.2. The van der Waals surface area contributed by atoms with Gasteiger partial charge in [0, 0.05) is 36.6 Å². The minimum Gasteiger partial charge on any atom is -0.355 e. The van der Waals surface area contributed by atoms with Crippen LogP contribution in [0.3, 0.4) is 0 Å². The SMILES string of the molecule is CC1CC(CN)CN1C(=O)c1cc(-c2ccncc2)on1.Cl.Cl. The number of carbonyl (C=O) groups is 1. The number of nitrogens with two attached hydrogens (primary N) is 1. The van der Waals surface area contributed by atoms with E-state index in [2.05, 4.69) is 10.1 Å². The predicted octanol–water partition coefficient (Wildman–Crippen LogP) is 2.39. The molecule has 2 atom stereocenters. The summed E-state index contributed by atoms with van der Waals surface area (Å²) in [4.78, 5) is 18.3. The molecule has 1 aliphatic rings. The normalized spacial score (nSPS) is 19.8. The average Bonchev–Trinajstić information content (AvgIpc) is 3.14. The molecule has 6 nitrogen and oxygen atoms in total. The van der Waals surface area contributed by atoms with Crippen LogP contribution in [0, 0.1) is 5.92 Å². The molecule has 0 aromatic carbocycles. The summed E-state index contributed by atoms with van der Waals surface area (Å²) < 4.78 is 5.27. The van der Waals surface area contributed by atoms with E-state index in [1.165, 1.54) is 0 Å². The highest BCUT2D eigenvalue weighted by Crippen LogP contribution is 2.25. The summed E-state index contributed by atoms with van der Waals surface area (Å²) in [6, 6.07) is 5.50. The van der Waals surface area contributed by atoms with Crippen molar-refractivity contribution in [3.05, 3.63) is 36.3 Å². The summed E-state index contributed by atoms with van der Waals surface area (Å²) in [6.07, 6.45) is 4.29. The molecule has 0 bridgehead atoms. The summed E-state index contributed by atoms with van der Waals surface area (Å²) in [7, 11) is 0. The van der Waals surface area contributed by atoms with Crippen molar-refractivity contribution in [2.75, 3.05) is 13.1 Å². The topological polar surface area (TPSA) is 85.2 Å². The van der Waals surface area contributed by atoms with Gasteiger partial charge in [-0.15, -0.1) is 24.8 Å². The summed E-state index contributed by atoms with van der Waals surface area (Å²) in [5, 5.41) is 3.90. The van der Waals surface area contributed by atoms with Crippen LogP contribution in [0.2, 0.25) is 0 Å². The van der Waals surface area contributed by atoms with Crippen LogP contribution < -0.4 is 5.73 Å². The third-order valence-corrected chi connectivity index (χ3v) is 3.95. The minimum atomic E-state index is -0.0949. The van der Waals surface area contributed by atoms with Gasteiger partial charge in [-0.1, -0.05) is 5.16 Å². The zero-order valence-electron chi connectivity index (χ0n) is 12.7. The fourth-order valence-electron chi connectivity index (χ4n) is 2.77. The van der Waals surface area contributed by atoms with Crippen molar-refractivity contribution in [2.45, 2.75) is 19.4 Å². The van der Waals surface area contributed by atoms with Gasteiger partial charge in [0.15, 0.2) is 11.5 Å². The Kier molecular flexibility index (Phi) is 7.00. The summed E-state index contributed by atoms with van der Waals surface area (Å²) in [5.74, 6) is 0.848. The lowest BCUT2D eigenvalue weighted by Crippen LogP contribution is -2.34. The number of aromatic nitrogens is 2. The summed E-state index contributed by atoms with van der Waals surface area (Å²) in [5.41, 5.74) is 6.89. The molecule has 3 rings (SSSR count). The third-order valence-electron chi connectivity index (χ3n) is 3.95. The zero-order valence-corrected chi connectivity index (χ0v) is 14.3. The van der Waals surface area contributed by atoms with Gasteiger partial charge in [0.2, 0.25) is 0 Å². The molecule has 126 valence electrons. The Hall–Kier alpha value is -1.63. The second-order valence-corrected chi connectivity index (χ2v) is 5.46. The van der Waals surface area contributed by atoms with E-state index in [0.717, 1.165) is 12.0 Å². The van der Waals surface area contributed by atoms with Crippen molar-refractivity contribution in [1.82, 2.24) is 15.0 Å². The Morgan fingerprint density at radius 2 is 2.09 bits per heavy atom. The van der Waals surface area contributed by atoms with E-state index in [0.29, 0.717) is 30.5 Å². The second kappa shape index (κ2) is 8.29. The zero-order chi connectivity index (χ0) is 14.8. The van der Waals surface area contributed by atoms with Gasteiger partial charge in [-0.3, -0.25) is 9.78 Å². The standard InChI is InChI=1S/C15H18N4O2.2ClH/c1-10-6-11(8-16)9-19(10)15(20)13-7-14(21-18-13)12-2-4-17-5-3-12;;/h2-5,7,10-11H,6,8-9,16H2,1H3;2*1H. The van der Waals surface area contributed by atoms with Crippen LogP contribution in [0.5, 0.6) is 0 Å². The monoisotopic (exact) mass is 358 g/mol. The number of amides is 1. The van der Waals surface area contributed by atoms with E-state index in [4.69, 9.17) is 10.3 Å². The van der Waals surface area contributed by atoms with Gasteiger partial charge in [-0.05, 0) is 37.9 Å². The summed E-state index contributed by atoms with van der Waals surface area (Å²) >= 11 is 0. The number of rotatable bonds is 3. The van der Waals surface area contributed by atoms with Crippen molar-refractivity contribution in [3.63, 3.8) is 0 Å². The first-order valence-corrected chi connectivity index (χ1v) is 7.07. The molecule has 23 heavy (non-hydrogen) atoms. The second-order valence-electron chi connectivity index (χ2n) is 5.46. The lowest BCUT2D eigenvalue weighted by molar-refractivity contribution is 0.0733. The Morgan fingerprint density at radius 1 is 1.39 bits per heavy atom. The number of pyridine rings is 1. The van der Waals surface area contributed by atoms with Gasteiger partial charge >= 0.3 is 0 Å². The fraction of sp³-hybridized carbons (Fsp3) is 0.400. The van der Waals surface area contributed by atoms with Crippen LogP contribution in [0.25, 0.3) is 11.3 Å². The number of likely N-dealkylation sites (tertiary alicyclic amines) is 1. The van der Waals surface area contributed by atoms with Crippen molar-refractivity contribution in [1.29, 1.82) is 0 Å². The van der Waals surface area contributed by atoms with Gasteiger partial charge in [0.1, 0.15) is 0 Å². The smallest absolute Gasteiger partial charge is 0.276 e. The Balaban J connectivity index is 0.00000132. The van der Waals surface area contributed by atoms with Gasteiger partial charge in [0.25, 0.3) is 5.91 Å². The molecule has 2 aromatic heterocycles. The lowest BCUT2D eigenvalue weighted by atomic mass is 10.1. The molecule has 1 amide bonds. The van der Waals surface area contributed by atoms with Crippen LogP contribution in [0.15, 0.2) is 35.1 Å². The third kappa shape index (κ3) is 4.02. The van der Waals surface area contributed by atoms with Crippen LogP contribution >= 0.6 is 24.8 Å². The van der Waals surface area contributed by atoms with Crippen LogP contribution in [0.1, 0.15) is 23.8 Å². The molecule has 3 heterocycles. The van der Waals surface area contributed by atoms with E-state index in [9.17, 15) is 4.79 Å². The van der Waals surface area contributed by atoms with Gasteiger partial charge in [0.05, 0.1) is 0 Å². The van der Waals surface area contributed by atoms with E-state index < -0.39 is 0 Å². The molecule has 8 heteroatoms. The molecule has 1 fully saturated rings. The van der Waals surface area contributed by atoms with Gasteiger partial charge < -0.3 is 15.2 Å². The number of nitrogens with zero attached hydrogens (tertiary/aromatic N) is 3. The molecular formula is C15H20Cl2N4O2. The van der Waals surface area contributed by atoms with E-state index in [1.807, 2.05) is 24.0 Å². The number of hydrogen-bond donors (Lipinski definition) is 1. The first kappa shape index (κ1) is 19.4. The van der Waals surface area contributed by atoms with Crippen molar-refractivity contribution < 1.29 is 9.32 Å². The van der Waals surface area contributed by atoms with Gasteiger partial charge in [-0.25, -0.2) is 0 Å². The number of halogens is 2. The van der Waals surface area contributed by atoms with E-state index >= 15 is 0 Å². The largest absolute Gasteiger partial charge is 0.355 e. The van der Waals surface area contributed by atoms with Crippen LogP contribution in [-0.2, 0) is 0 Å². The molecule has 2 unspecified atom stereocenters. The number of hydrogen-bond acceptors (Lipinski definition) is 5. The Bertz CT molecular complexity index is 635. The van der Waals surface area contributed by atoms with E-state index in [1.54, 1.807) is 18.5 Å². The number of carbonyl (C=O) groups excluding carboxylic acids is 1. The van der Waals surface area contributed by atoms with Crippen molar-refractivity contribution >= 4 is 30.7 Å². The van der Waals surface area contributed by atoms with Crippen molar-refractivity contribution in [2.24, 2.45) is 11.7 Å². The summed E-state index contributed by atoms with van der Waals surface area (Å²) in [6.45, 7) is 3.33. The Labute approximate surface area is 147 Å². The highest BCUT2D eigenvalue weighted by Gasteiger charge is 2.33. The minimum absolute atomic E-state index is 0. The molecule has 2 N–H and O–H groups in total. The van der Waals surface area contributed by atoms with E-state index in [-0.39, 0.29) is 36.8 Å². The maximum atomic E-state index is 12.5. The quantitative estimate of drug-likeness (QED) is 0.910. The highest BCUT2D eigenvalue weighted by molar-refractivity contribution is 5.93. The average molecular weight is 359 g/mol. The Morgan fingerprint density at radius 3 is 2.70 bits per heavy atom.